The van der Waals surface area contributed by atoms with E-state index in [1.165, 1.54) is 12.1 Å². The van der Waals surface area contributed by atoms with E-state index in [9.17, 15) is 10.1 Å². The standard InChI is InChI=1S/C12H15N3O2S/c1-12(2,18-3)8-14-10-4-5-11(15(16)17)9(6-10)7-13/h4-6,14H,8H2,1-3H3. The van der Waals surface area contributed by atoms with Crippen LogP contribution < -0.4 is 5.32 Å². The van der Waals surface area contributed by atoms with Crippen molar-refractivity contribution in [2.75, 3.05) is 18.1 Å². The van der Waals surface area contributed by atoms with Gasteiger partial charge in [-0.2, -0.15) is 17.0 Å². The summed E-state index contributed by atoms with van der Waals surface area (Å²) in [6, 6.07) is 6.32. The molecule has 0 saturated heterocycles. The Bertz CT molecular complexity index is 495. The maximum absolute atomic E-state index is 10.7. The quantitative estimate of drug-likeness (QED) is 0.654. The summed E-state index contributed by atoms with van der Waals surface area (Å²) in [4.78, 5) is 10.1. The average molecular weight is 265 g/mol. The molecule has 0 amide bonds. The molecule has 0 aliphatic heterocycles. The van der Waals surface area contributed by atoms with Crippen molar-refractivity contribution in [3.63, 3.8) is 0 Å². The molecular formula is C12H15N3O2S. The first kappa shape index (κ1) is 14.3. The summed E-state index contributed by atoms with van der Waals surface area (Å²) in [6.07, 6.45) is 2.03. The predicted octanol–water partition coefficient (Wildman–Crippen LogP) is 3.02. The highest BCUT2D eigenvalue weighted by Crippen LogP contribution is 2.25. The molecule has 1 aromatic carbocycles. The topological polar surface area (TPSA) is 79.0 Å². The lowest BCUT2D eigenvalue weighted by atomic mass is 10.1. The van der Waals surface area contributed by atoms with E-state index in [2.05, 4.69) is 19.2 Å². The lowest BCUT2D eigenvalue weighted by molar-refractivity contribution is -0.385. The Kier molecular flexibility index (Phi) is 4.56. The fourth-order valence-electron chi connectivity index (χ4n) is 1.28. The Labute approximate surface area is 110 Å². The molecule has 96 valence electrons. The molecule has 0 aromatic heterocycles. The molecule has 0 spiro atoms. The molecule has 0 atom stereocenters. The summed E-state index contributed by atoms with van der Waals surface area (Å²) in [6.45, 7) is 4.92. The Morgan fingerprint density at radius 2 is 2.22 bits per heavy atom. The highest BCUT2D eigenvalue weighted by Gasteiger charge is 2.17. The third-order valence-electron chi connectivity index (χ3n) is 2.58. The highest BCUT2D eigenvalue weighted by molar-refractivity contribution is 7.99. The molecule has 6 heteroatoms. The lowest BCUT2D eigenvalue weighted by Crippen LogP contribution is -2.25. The van der Waals surface area contributed by atoms with Gasteiger partial charge in [0, 0.05) is 23.0 Å². The summed E-state index contributed by atoms with van der Waals surface area (Å²) in [5.41, 5.74) is 0.637. The van der Waals surface area contributed by atoms with Gasteiger partial charge in [-0.05, 0) is 32.2 Å². The van der Waals surface area contributed by atoms with Gasteiger partial charge in [-0.25, -0.2) is 0 Å². The largest absolute Gasteiger partial charge is 0.384 e. The van der Waals surface area contributed by atoms with Crippen LogP contribution in [0, 0.1) is 21.4 Å². The highest BCUT2D eigenvalue weighted by atomic mass is 32.2. The number of nitrogens with one attached hydrogen (secondary N) is 1. The zero-order chi connectivity index (χ0) is 13.8. The van der Waals surface area contributed by atoms with E-state index in [1.807, 2.05) is 12.3 Å². The molecule has 1 aromatic rings. The van der Waals surface area contributed by atoms with Crippen molar-refractivity contribution >= 4 is 23.1 Å². The second-order valence-corrected chi connectivity index (χ2v) is 5.93. The Balaban J connectivity index is 2.88. The van der Waals surface area contributed by atoms with E-state index in [-0.39, 0.29) is 16.0 Å². The van der Waals surface area contributed by atoms with Crippen molar-refractivity contribution in [2.45, 2.75) is 18.6 Å². The molecule has 0 bridgehead atoms. The van der Waals surface area contributed by atoms with Gasteiger partial charge in [0.2, 0.25) is 0 Å². The molecule has 5 nitrogen and oxygen atoms in total. The van der Waals surface area contributed by atoms with Crippen LogP contribution in [0.4, 0.5) is 11.4 Å². The van der Waals surface area contributed by atoms with Crippen LogP contribution in [0.15, 0.2) is 18.2 Å². The second-order valence-electron chi connectivity index (χ2n) is 4.42. The fourth-order valence-corrected chi connectivity index (χ4v) is 1.50. The third-order valence-corrected chi connectivity index (χ3v) is 3.83. The van der Waals surface area contributed by atoms with Crippen LogP contribution in [-0.2, 0) is 0 Å². The first-order chi connectivity index (χ1) is 8.39. The van der Waals surface area contributed by atoms with E-state index in [4.69, 9.17) is 5.26 Å². The summed E-state index contributed by atoms with van der Waals surface area (Å²) in [7, 11) is 0. The molecule has 1 N–H and O–H groups in total. The van der Waals surface area contributed by atoms with Crippen molar-refractivity contribution in [1.82, 2.24) is 0 Å². The summed E-state index contributed by atoms with van der Waals surface area (Å²) < 4.78 is 0.0641. The van der Waals surface area contributed by atoms with Gasteiger partial charge in [0.15, 0.2) is 0 Å². The number of rotatable bonds is 5. The van der Waals surface area contributed by atoms with Crippen LogP contribution >= 0.6 is 11.8 Å². The smallest absolute Gasteiger partial charge is 0.287 e. The molecule has 0 aliphatic carbocycles. The van der Waals surface area contributed by atoms with E-state index < -0.39 is 4.92 Å². The Hall–Kier alpha value is -1.74. The van der Waals surface area contributed by atoms with Gasteiger partial charge in [0.1, 0.15) is 11.6 Å². The number of hydrogen-bond acceptors (Lipinski definition) is 5. The van der Waals surface area contributed by atoms with Gasteiger partial charge in [0.25, 0.3) is 5.69 Å². The van der Waals surface area contributed by atoms with Gasteiger partial charge in [-0.15, -0.1) is 0 Å². The molecule has 0 radical (unpaired) electrons. The first-order valence-electron chi connectivity index (χ1n) is 5.37. The van der Waals surface area contributed by atoms with Crippen LogP contribution in [0.25, 0.3) is 0 Å². The SMILES string of the molecule is CSC(C)(C)CNc1ccc([N+](=O)[O-])c(C#N)c1. The third kappa shape index (κ3) is 3.64. The first-order valence-corrected chi connectivity index (χ1v) is 6.59. The summed E-state index contributed by atoms with van der Waals surface area (Å²) in [5, 5.41) is 22.7. The van der Waals surface area contributed by atoms with Crippen molar-refractivity contribution < 1.29 is 4.92 Å². The van der Waals surface area contributed by atoms with E-state index in [0.29, 0.717) is 0 Å². The second kappa shape index (κ2) is 5.74. The summed E-state index contributed by atoms with van der Waals surface area (Å²) in [5.74, 6) is 0. The number of nitro groups is 1. The number of nitrogens with zero attached hydrogens (tertiary/aromatic N) is 2. The molecule has 1 rings (SSSR count). The van der Waals surface area contributed by atoms with Crippen molar-refractivity contribution in [3.8, 4) is 6.07 Å². The number of hydrogen-bond donors (Lipinski definition) is 1. The van der Waals surface area contributed by atoms with Gasteiger partial charge < -0.3 is 5.32 Å². The summed E-state index contributed by atoms with van der Waals surface area (Å²) >= 11 is 1.73. The van der Waals surface area contributed by atoms with Crippen LogP contribution in [0.5, 0.6) is 0 Å². The Morgan fingerprint density at radius 1 is 1.56 bits per heavy atom. The van der Waals surface area contributed by atoms with Crippen LogP contribution in [0.3, 0.4) is 0 Å². The minimum Gasteiger partial charge on any atom is -0.384 e. The number of benzene rings is 1. The minimum absolute atomic E-state index is 0.0641. The van der Waals surface area contributed by atoms with Crippen molar-refractivity contribution in [2.24, 2.45) is 0 Å². The average Bonchev–Trinajstić information content (AvgIpc) is 2.36. The van der Waals surface area contributed by atoms with Gasteiger partial charge in [-0.3, -0.25) is 10.1 Å². The zero-order valence-corrected chi connectivity index (χ0v) is 11.4. The van der Waals surface area contributed by atoms with Crippen LogP contribution in [0.2, 0.25) is 0 Å². The number of nitriles is 1. The van der Waals surface area contributed by atoms with Crippen LogP contribution in [0.1, 0.15) is 19.4 Å². The van der Waals surface area contributed by atoms with E-state index >= 15 is 0 Å². The van der Waals surface area contributed by atoms with E-state index in [0.717, 1.165) is 12.2 Å². The van der Waals surface area contributed by atoms with Gasteiger partial charge in [-0.1, -0.05) is 0 Å². The maximum atomic E-state index is 10.7. The molecule has 0 fully saturated rings. The number of thioether (sulfide) groups is 1. The van der Waals surface area contributed by atoms with E-state index in [1.54, 1.807) is 17.8 Å². The predicted molar refractivity (Wildman–Crippen MR) is 73.9 cm³/mol. The van der Waals surface area contributed by atoms with Crippen molar-refractivity contribution in [3.05, 3.63) is 33.9 Å². The molecule has 18 heavy (non-hydrogen) atoms. The van der Waals surface area contributed by atoms with Crippen molar-refractivity contribution in [1.29, 1.82) is 5.26 Å². The monoisotopic (exact) mass is 265 g/mol. The van der Waals surface area contributed by atoms with Gasteiger partial charge >= 0.3 is 0 Å². The zero-order valence-electron chi connectivity index (χ0n) is 10.6. The molecule has 0 aliphatic rings. The molecular weight excluding hydrogens is 250 g/mol. The van der Waals surface area contributed by atoms with Gasteiger partial charge in [0.05, 0.1) is 4.92 Å². The molecule has 0 unspecified atom stereocenters. The fraction of sp³-hybridized carbons (Fsp3) is 0.417. The maximum Gasteiger partial charge on any atom is 0.287 e. The lowest BCUT2D eigenvalue weighted by Gasteiger charge is -2.22. The number of anilines is 1. The minimum atomic E-state index is -0.547. The van der Waals surface area contributed by atoms with Crippen LogP contribution in [-0.4, -0.2) is 22.5 Å². The normalized spacial score (nSPS) is 10.8. The Morgan fingerprint density at radius 3 is 2.72 bits per heavy atom. The molecule has 0 heterocycles. The molecule has 0 saturated carbocycles. The number of nitro benzene ring substituents is 1.